The fourth-order valence-electron chi connectivity index (χ4n) is 0. The Morgan fingerprint density at radius 2 is 1.83 bits per heavy atom. The van der Waals surface area contributed by atoms with E-state index in [0.717, 1.165) is 0 Å². The molecule has 0 heterocycles. The van der Waals surface area contributed by atoms with E-state index in [-0.39, 0.29) is 0 Å². The highest BCUT2D eigenvalue weighted by molar-refractivity contribution is 7.62. The smallest absolute Gasteiger partial charge is 0.0819 e. The van der Waals surface area contributed by atoms with Crippen molar-refractivity contribution in [1.82, 2.24) is 0 Å². The molecule has 0 aromatic carbocycles. The summed E-state index contributed by atoms with van der Waals surface area (Å²) < 4.78 is 10.5. The van der Waals surface area contributed by atoms with Crippen molar-refractivity contribution >= 4 is 7.14 Å². The van der Waals surface area contributed by atoms with Crippen LogP contribution in [0.5, 0.6) is 0 Å². The summed E-state index contributed by atoms with van der Waals surface area (Å²) in [6.45, 7) is 6.97. The van der Waals surface area contributed by atoms with Gasteiger partial charge in [-0.15, -0.1) is 0 Å². The Hall–Kier alpha value is 0.230. The molecule has 0 saturated carbocycles. The van der Waals surface area contributed by atoms with Crippen LogP contribution in [0.1, 0.15) is 0 Å². The van der Waals surface area contributed by atoms with Gasteiger partial charge in [-0.1, -0.05) is 0 Å². The van der Waals surface area contributed by atoms with Crippen molar-refractivity contribution in [3.8, 4) is 0 Å². The molecule has 0 amide bonds. The van der Waals surface area contributed by atoms with Gasteiger partial charge in [0.05, 0.1) is 7.14 Å². The predicted molar refractivity (Wildman–Crippen MR) is 29.7 cm³/mol. The van der Waals surface area contributed by atoms with E-state index in [1.54, 1.807) is 13.3 Å². The molecule has 0 aromatic heterocycles. The molecule has 0 aromatic rings. The van der Waals surface area contributed by atoms with E-state index in [1.165, 1.54) is 0 Å². The van der Waals surface area contributed by atoms with Crippen LogP contribution in [0.2, 0.25) is 0 Å². The molecular formula is C4H10OP. The lowest BCUT2D eigenvalue weighted by atomic mass is 11.0. The Kier molecular flexibility index (Phi) is 1.86. The molecule has 0 rings (SSSR count). The summed E-state index contributed by atoms with van der Waals surface area (Å²) in [7, 11) is -1.76. The van der Waals surface area contributed by atoms with Gasteiger partial charge < -0.3 is 4.57 Å². The fourth-order valence-corrected chi connectivity index (χ4v) is 0. The summed E-state index contributed by atoms with van der Waals surface area (Å²) in [5, 5.41) is 0. The van der Waals surface area contributed by atoms with Crippen LogP contribution >= 0.6 is 7.14 Å². The van der Waals surface area contributed by atoms with Crippen molar-refractivity contribution in [3.63, 3.8) is 0 Å². The van der Waals surface area contributed by atoms with Crippen molar-refractivity contribution in [2.45, 2.75) is 0 Å². The van der Waals surface area contributed by atoms with Crippen molar-refractivity contribution < 1.29 is 4.57 Å². The highest BCUT2D eigenvalue weighted by atomic mass is 31.2. The molecule has 0 aliphatic carbocycles. The lowest BCUT2D eigenvalue weighted by Crippen LogP contribution is -1.75. The number of hydrogen-bond donors (Lipinski definition) is 0. The van der Waals surface area contributed by atoms with E-state index in [2.05, 4.69) is 6.92 Å². The van der Waals surface area contributed by atoms with Gasteiger partial charge in [0.15, 0.2) is 0 Å². The standard InChI is InChI=1S/C4H10OP/c1-4-6(2,3)5/h1,4H2,2-3H3. The van der Waals surface area contributed by atoms with E-state index in [0.29, 0.717) is 6.16 Å². The monoisotopic (exact) mass is 105 g/mol. The Morgan fingerprint density at radius 3 is 1.83 bits per heavy atom. The lowest BCUT2D eigenvalue weighted by molar-refractivity contribution is 0.584. The third-order valence-electron chi connectivity index (χ3n) is 0.539. The minimum atomic E-state index is -1.76. The molecule has 0 aliphatic heterocycles. The largest absolute Gasteiger partial charge is 0.324 e. The molecule has 0 atom stereocenters. The summed E-state index contributed by atoms with van der Waals surface area (Å²) in [5.41, 5.74) is 0. The fraction of sp³-hybridized carbons (Fsp3) is 0.750. The lowest BCUT2D eigenvalue weighted by Gasteiger charge is -1.95. The van der Waals surface area contributed by atoms with E-state index < -0.39 is 7.14 Å². The van der Waals surface area contributed by atoms with Crippen LogP contribution in [0.3, 0.4) is 0 Å². The Morgan fingerprint density at radius 1 is 1.67 bits per heavy atom. The molecular weight excluding hydrogens is 95.0 g/mol. The van der Waals surface area contributed by atoms with Crippen LogP contribution in [0.15, 0.2) is 0 Å². The molecule has 0 fully saturated rings. The highest BCUT2D eigenvalue weighted by Crippen LogP contribution is 2.33. The van der Waals surface area contributed by atoms with Gasteiger partial charge in [0, 0.05) is 6.16 Å². The Bertz CT molecular complexity index is 71.6. The minimum Gasteiger partial charge on any atom is -0.324 e. The number of rotatable bonds is 1. The van der Waals surface area contributed by atoms with Crippen molar-refractivity contribution in [2.24, 2.45) is 0 Å². The summed E-state index contributed by atoms with van der Waals surface area (Å²) in [6, 6.07) is 0. The van der Waals surface area contributed by atoms with E-state index >= 15 is 0 Å². The zero-order chi connectivity index (χ0) is 5.21. The maximum atomic E-state index is 10.5. The van der Waals surface area contributed by atoms with Gasteiger partial charge >= 0.3 is 0 Å². The molecule has 6 heavy (non-hydrogen) atoms. The first-order chi connectivity index (χ1) is 2.56. The van der Waals surface area contributed by atoms with Gasteiger partial charge in [0.1, 0.15) is 0 Å². The molecule has 1 radical (unpaired) electrons. The number of hydrogen-bond acceptors (Lipinski definition) is 1. The average Bonchev–Trinajstić information content (AvgIpc) is 1.35. The zero-order valence-corrected chi connectivity index (χ0v) is 5.16. The molecule has 0 aliphatic rings. The van der Waals surface area contributed by atoms with Gasteiger partial charge in [-0.25, -0.2) is 0 Å². The SMILES string of the molecule is [CH2]CP(C)(C)=O. The maximum Gasteiger partial charge on any atom is 0.0819 e. The Labute approximate surface area is 39.1 Å². The second-order valence-electron chi connectivity index (χ2n) is 1.80. The second-order valence-corrected chi connectivity index (χ2v) is 5.39. The van der Waals surface area contributed by atoms with Gasteiger partial charge in [0.2, 0.25) is 0 Å². The van der Waals surface area contributed by atoms with Crippen molar-refractivity contribution in [3.05, 3.63) is 6.92 Å². The third-order valence-corrected chi connectivity index (χ3v) is 1.62. The molecule has 0 bridgehead atoms. The quantitative estimate of drug-likeness (QED) is 0.461. The molecule has 0 spiro atoms. The summed E-state index contributed by atoms with van der Waals surface area (Å²) in [5.74, 6) is 0. The summed E-state index contributed by atoms with van der Waals surface area (Å²) in [4.78, 5) is 0. The molecule has 0 unspecified atom stereocenters. The van der Waals surface area contributed by atoms with Crippen molar-refractivity contribution in [2.75, 3.05) is 19.5 Å². The van der Waals surface area contributed by atoms with Gasteiger partial charge in [-0.2, -0.15) is 0 Å². The van der Waals surface area contributed by atoms with E-state index in [1.807, 2.05) is 0 Å². The third kappa shape index (κ3) is 4.23. The first-order valence-electron chi connectivity index (χ1n) is 1.89. The normalized spacial score (nSPS) is 11.8. The second kappa shape index (κ2) is 1.79. The highest BCUT2D eigenvalue weighted by Gasteiger charge is 1.98. The molecule has 37 valence electrons. The molecule has 0 N–H and O–H groups in total. The summed E-state index contributed by atoms with van der Waals surface area (Å²) >= 11 is 0. The maximum absolute atomic E-state index is 10.5. The van der Waals surface area contributed by atoms with E-state index in [9.17, 15) is 4.57 Å². The van der Waals surface area contributed by atoms with Crippen LogP contribution in [0.25, 0.3) is 0 Å². The van der Waals surface area contributed by atoms with Gasteiger partial charge in [0.25, 0.3) is 0 Å². The van der Waals surface area contributed by atoms with Gasteiger partial charge in [-0.3, -0.25) is 0 Å². The molecule has 0 saturated heterocycles. The van der Waals surface area contributed by atoms with Gasteiger partial charge in [-0.05, 0) is 20.3 Å². The zero-order valence-electron chi connectivity index (χ0n) is 4.27. The molecule has 1 nitrogen and oxygen atoms in total. The first kappa shape index (κ1) is 6.23. The van der Waals surface area contributed by atoms with Crippen LogP contribution in [0, 0.1) is 6.92 Å². The molecule has 2 heteroatoms. The van der Waals surface area contributed by atoms with E-state index in [4.69, 9.17) is 0 Å². The minimum absolute atomic E-state index is 0.576. The van der Waals surface area contributed by atoms with Crippen molar-refractivity contribution in [1.29, 1.82) is 0 Å². The first-order valence-corrected chi connectivity index (χ1v) is 4.68. The van der Waals surface area contributed by atoms with Crippen LogP contribution < -0.4 is 0 Å². The topological polar surface area (TPSA) is 17.1 Å². The van der Waals surface area contributed by atoms with Crippen LogP contribution in [0.4, 0.5) is 0 Å². The predicted octanol–water partition coefficient (Wildman–Crippen LogP) is 1.44. The van der Waals surface area contributed by atoms with Crippen LogP contribution in [-0.2, 0) is 4.57 Å². The average molecular weight is 105 g/mol. The van der Waals surface area contributed by atoms with Crippen LogP contribution in [-0.4, -0.2) is 19.5 Å². The summed E-state index contributed by atoms with van der Waals surface area (Å²) in [6.07, 6.45) is 0.576. The Balaban J connectivity index is 3.48.